The number of ether oxygens (including phenoxy) is 6. The Morgan fingerprint density at radius 1 is 0.486 bits per heavy atom. The van der Waals surface area contributed by atoms with Gasteiger partial charge in [-0.25, -0.2) is 0 Å². The molecule has 202 valence electrons. The molecule has 0 spiro atoms. The molecule has 37 heavy (non-hydrogen) atoms. The van der Waals surface area contributed by atoms with Gasteiger partial charge in [0, 0.05) is 0 Å². The number of methoxy groups -OCH3 is 6. The second-order valence-electron chi connectivity index (χ2n) is 7.07. The van der Waals surface area contributed by atoms with E-state index in [9.17, 15) is 0 Å². The van der Waals surface area contributed by atoms with E-state index in [1.807, 2.05) is 0 Å². The standard InChI is InChI=1S/C24H21Cl6IO6/c1-32-19-12(20(33-2)15(26)23(36-5)14(19)25)10-8-7-9-11(18(10)31(29)30)13-21(34-3)16(27)24(37-6)17(28)22(13)35-4/h7-9H,1-6H3. The number of benzene rings is 3. The Morgan fingerprint density at radius 3 is 0.973 bits per heavy atom. The zero-order valence-electron chi connectivity index (χ0n) is 20.3. The molecule has 0 aliphatic carbocycles. The number of hydrogen-bond acceptors (Lipinski definition) is 6. The first-order valence-corrected chi connectivity index (χ1v) is 18.2. The van der Waals surface area contributed by atoms with E-state index in [0.717, 1.165) is 0 Å². The minimum atomic E-state index is -2.89. The molecule has 0 heterocycles. The van der Waals surface area contributed by atoms with Crippen LogP contribution in [0.2, 0.25) is 20.1 Å². The molecule has 0 aromatic heterocycles. The molecule has 0 amide bonds. The van der Waals surface area contributed by atoms with Crippen LogP contribution in [0.3, 0.4) is 0 Å². The molecule has 0 atom stereocenters. The van der Waals surface area contributed by atoms with E-state index in [2.05, 4.69) is 0 Å². The average Bonchev–Trinajstić information content (AvgIpc) is 2.88. The molecule has 3 rings (SSSR count). The van der Waals surface area contributed by atoms with Gasteiger partial charge in [0.2, 0.25) is 0 Å². The van der Waals surface area contributed by atoms with Crippen molar-refractivity contribution in [3.63, 3.8) is 0 Å². The Bertz CT molecular complexity index is 1180. The molecule has 0 fully saturated rings. The Hall–Kier alpha value is -1.07. The minimum absolute atomic E-state index is 0.150. The maximum absolute atomic E-state index is 6.75. The second kappa shape index (κ2) is 12.9. The predicted molar refractivity (Wildman–Crippen MR) is 161 cm³/mol. The van der Waals surface area contributed by atoms with E-state index in [4.69, 9.17) is 92.6 Å². The molecule has 0 bridgehead atoms. The van der Waals surface area contributed by atoms with Crippen molar-refractivity contribution >= 4 is 81.8 Å². The van der Waals surface area contributed by atoms with E-state index >= 15 is 0 Å². The molecule has 3 aromatic carbocycles. The van der Waals surface area contributed by atoms with Crippen LogP contribution in [-0.2, 0) is 0 Å². The van der Waals surface area contributed by atoms with Gasteiger partial charge in [-0.3, -0.25) is 0 Å². The molecular formula is C24H21Cl6IO6. The third kappa shape index (κ3) is 5.25. The van der Waals surface area contributed by atoms with Gasteiger partial charge in [0.1, 0.15) is 0 Å². The van der Waals surface area contributed by atoms with E-state index in [1.54, 1.807) is 18.2 Å². The third-order valence-corrected chi connectivity index (χ3v) is 10.7. The fraction of sp³-hybridized carbons (Fsp3) is 0.250. The molecule has 0 unspecified atom stereocenters. The summed E-state index contributed by atoms with van der Waals surface area (Å²) in [7, 11) is 22.2. The molecule has 6 nitrogen and oxygen atoms in total. The summed E-state index contributed by atoms with van der Waals surface area (Å²) in [5.41, 5.74) is 2.01. The number of hydrogen-bond donors (Lipinski definition) is 0. The van der Waals surface area contributed by atoms with Gasteiger partial charge in [0.25, 0.3) is 0 Å². The summed E-state index contributed by atoms with van der Waals surface area (Å²) in [5.74, 6) is 1.43. The third-order valence-electron chi connectivity index (χ3n) is 5.41. The Labute approximate surface area is 249 Å². The van der Waals surface area contributed by atoms with Crippen LogP contribution in [0, 0.1) is 3.57 Å². The first-order valence-electron chi connectivity index (χ1n) is 10.1. The Kier molecular flexibility index (Phi) is 10.6. The monoisotopic (exact) mass is 742 g/mol. The average molecular weight is 745 g/mol. The van der Waals surface area contributed by atoms with Crippen molar-refractivity contribution in [3.8, 4) is 56.8 Å². The van der Waals surface area contributed by atoms with Crippen LogP contribution < -0.4 is 28.4 Å². The first kappa shape index (κ1) is 30.5. The molecule has 3 aromatic rings. The summed E-state index contributed by atoms with van der Waals surface area (Å²) >= 11 is 23.6. The fourth-order valence-corrected chi connectivity index (χ4v) is 9.25. The van der Waals surface area contributed by atoms with Crippen LogP contribution in [0.5, 0.6) is 34.5 Å². The fourth-order valence-electron chi connectivity index (χ4n) is 3.94. The van der Waals surface area contributed by atoms with E-state index in [0.29, 0.717) is 25.8 Å². The SMILES string of the molecule is COc1c(Cl)c(OC)c(-c2cccc(-c3c(OC)c(Cl)c(OC)c(Cl)c3OC)c2I(Cl)Cl)c(OC)c1Cl. The van der Waals surface area contributed by atoms with Gasteiger partial charge < -0.3 is 0 Å². The number of rotatable bonds is 9. The van der Waals surface area contributed by atoms with Crippen LogP contribution in [0.15, 0.2) is 18.2 Å². The normalized spacial score (nSPS) is 11.2. The quantitative estimate of drug-likeness (QED) is 0.204. The van der Waals surface area contributed by atoms with Crippen molar-refractivity contribution in [1.82, 2.24) is 0 Å². The van der Waals surface area contributed by atoms with Crippen molar-refractivity contribution in [3.05, 3.63) is 41.9 Å². The van der Waals surface area contributed by atoms with Crippen molar-refractivity contribution in [2.24, 2.45) is 0 Å². The molecule has 0 aliphatic heterocycles. The maximum atomic E-state index is 6.75. The first-order chi connectivity index (χ1) is 17.6. The molecule has 13 heteroatoms. The van der Waals surface area contributed by atoms with Gasteiger partial charge in [-0.05, 0) is 0 Å². The van der Waals surface area contributed by atoms with Crippen molar-refractivity contribution < 1.29 is 28.4 Å². The summed E-state index contributed by atoms with van der Waals surface area (Å²) in [6, 6.07) is 5.40. The van der Waals surface area contributed by atoms with Crippen LogP contribution in [-0.4, -0.2) is 42.7 Å². The summed E-state index contributed by atoms with van der Waals surface area (Å²) in [6.07, 6.45) is 0. The van der Waals surface area contributed by atoms with Gasteiger partial charge in [-0.1, -0.05) is 0 Å². The zero-order valence-corrected chi connectivity index (χ0v) is 27.0. The summed E-state index contributed by atoms with van der Waals surface area (Å²) in [6.45, 7) is 0. The van der Waals surface area contributed by atoms with Crippen LogP contribution in [0.1, 0.15) is 0 Å². The Morgan fingerprint density at radius 2 is 0.757 bits per heavy atom. The van der Waals surface area contributed by atoms with Crippen LogP contribution in [0.25, 0.3) is 22.3 Å². The van der Waals surface area contributed by atoms with Crippen molar-refractivity contribution in [2.75, 3.05) is 42.7 Å². The van der Waals surface area contributed by atoms with E-state index < -0.39 is 17.6 Å². The molecule has 0 saturated carbocycles. The molecule has 0 radical (unpaired) electrons. The van der Waals surface area contributed by atoms with E-state index in [1.165, 1.54) is 42.7 Å². The van der Waals surface area contributed by atoms with E-state index in [-0.39, 0.29) is 54.6 Å². The summed E-state index contributed by atoms with van der Waals surface area (Å²) in [5, 5.41) is 0.601. The summed E-state index contributed by atoms with van der Waals surface area (Å²) in [4.78, 5) is 0. The van der Waals surface area contributed by atoms with Crippen LogP contribution in [0.4, 0.5) is 0 Å². The molecular weight excluding hydrogens is 724 g/mol. The van der Waals surface area contributed by atoms with Gasteiger partial charge in [-0.15, -0.1) is 0 Å². The summed E-state index contributed by atoms with van der Waals surface area (Å²) < 4.78 is 34.1. The van der Waals surface area contributed by atoms with Crippen LogP contribution >= 0.6 is 81.8 Å². The van der Waals surface area contributed by atoms with Gasteiger partial charge in [-0.2, -0.15) is 0 Å². The molecule has 0 saturated heterocycles. The number of halogens is 7. The Balaban J connectivity index is 2.58. The van der Waals surface area contributed by atoms with Crippen molar-refractivity contribution in [2.45, 2.75) is 0 Å². The van der Waals surface area contributed by atoms with Crippen molar-refractivity contribution in [1.29, 1.82) is 0 Å². The zero-order chi connectivity index (χ0) is 27.6. The topological polar surface area (TPSA) is 55.4 Å². The predicted octanol–water partition coefficient (Wildman–Crippen LogP) is 9.67. The van der Waals surface area contributed by atoms with Gasteiger partial charge in [0.05, 0.1) is 0 Å². The van der Waals surface area contributed by atoms with Gasteiger partial charge in [0.15, 0.2) is 0 Å². The molecule has 0 N–H and O–H groups in total. The molecule has 0 aliphatic rings. The second-order valence-corrected chi connectivity index (χ2v) is 15.6. The van der Waals surface area contributed by atoms with Gasteiger partial charge >= 0.3 is 251 Å².